The summed E-state index contributed by atoms with van der Waals surface area (Å²) >= 11 is 13.1. The third-order valence-electron chi connectivity index (χ3n) is 3.26. The number of thioether (sulfide) groups is 1. The van der Waals surface area contributed by atoms with Gasteiger partial charge in [0.25, 0.3) is 6.43 Å². The Balaban J connectivity index is 1.70. The van der Waals surface area contributed by atoms with Gasteiger partial charge < -0.3 is 9.15 Å². The van der Waals surface area contributed by atoms with Crippen LogP contribution in [0.4, 0.5) is 8.78 Å². The number of hydrogen-bond donors (Lipinski definition) is 0. The lowest BCUT2D eigenvalue weighted by Gasteiger charge is -2.06. The molecule has 0 aliphatic heterocycles. The minimum Gasteiger partial charge on any atom is -0.484 e. The van der Waals surface area contributed by atoms with Crippen molar-refractivity contribution < 1.29 is 17.9 Å². The average Bonchev–Trinajstić information content (AvgIpc) is 3.26. The number of benzene rings is 1. The number of hydrogen-bond acceptors (Lipinski definition) is 6. The summed E-state index contributed by atoms with van der Waals surface area (Å²) in [7, 11) is 0. The molecule has 0 saturated heterocycles. The number of nitrogens with zero attached hydrogens (tertiary/aromatic N) is 4. The van der Waals surface area contributed by atoms with Gasteiger partial charge in [0.05, 0.1) is 11.2 Å². The van der Waals surface area contributed by atoms with Gasteiger partial charge in [-0.1, -0.05) is 35.0 Å². The highest BCUT2D eigenvalue weighted by atomic mass is 35.5. The fourth-order valence-corrected chi connectivity index (χ4v) is 2.81. The van der Waals surface area contributed by atoms with E-state index < -0.39 is 12.2 Å². The molecule has 27 heavy (non-hydrogen) atoms. The van der Waals surface area contributed by atoms with Crippen LogP contribution in [0.2, 0.25) is 10.0 Å². The van der Waals surface area contributed by atoms with Crippen LogP contribution in [0.25, 0.3) is 0 Å². The molecule has 0 N–H and O–H groups in total. The predicted octanol–water partition coefficient (Wildman–Crippen LogP) is 5.30. The van der Waals surface area contributed by atoms with E-state index >= 15 is 0 Å². The summed E-state index contributed by atoms with van der Waals surface area (Å²) in [6, 6.07) is 8.18. The lowest BCUT2D eigenvalue weighted by atomic mass is 10.3. The summed E-state index contributed by atoms with van der Waals surface area (Å²) in [5.74, 6) is 0.731. The van der Waals surface area contributed by atoms with E-state index in [1.54, 1.807) is 36.6 Å². The number of aromatic nitrogens is 3. The van der Waals surface area contributed by atoms with Gasteiger partial charge in [-0.15, -0.1) is 10.2 Å². The topological polar surface area (TPSA) is 65.4 Å². The van der Waals surface area contributed by atoms with E-state index in [9.17, 15) is 8.78 Å². The van der Waals surface area contributed by atoms with Crippen molar-refractivity contribution in [3.05, 3.63) is 57.7 Å². The third kappa shape index (κ3) is 4.79. The van der Waals surface area contributed by atoms with Gasteiger partial charge >= 0.3 is 0 Å². The van der Waals surface area contributed by atoms with Crippen LogP contribution < -0.4 is 4.74 Å². The molecular formula is C16H12Cl2F2N4O2S. The van der Waals surface area contributed by atoms with Crippen LogP contribution in [-0.4, -0.2) is 27.3 Å². The molecule has 2 aromatic heterocycles. The van der Waals surface area contributed by atoms with Gasteiger partial charge in [0.15, 0.2) is 0 Å². The molecule has 0 atom stereocenters. The van der Waals surface area contributed by atoms with E-state index in [-0.39, 0.29) is 11.8 Å². The third-order valence-corrected chi connectivity index (χ3v) is 4.43. The van der Waals surface area contributed by atoms with Crippen molar-refractivity contribution in [2.45, 2.75) is 18.2 Å². The van der Waals surface area contributed by atoms with E-state index in [0.29, 0.717) is 27.3 Å². The van der Waals surface area contributed by atoms with Crippen molar-refractivity contribution in [1.29, 1.82) is 0 Å². The monoisotopic (exact) mass is 432 g/mol. The molecule has 3 rings (SSSR count). The number of furan rings is 1. The molecule has 142 valence electrons. The molecule has 0 bridgehead atoms. The summed E-state index contributed by atoms with van der Waals surface area (Å²) in [4.78, 5) is 0. The van der Waals surface area contributed by atoms with Gasteiger partial charge in [0, 0.05) is 11.1 Å². The Kier molecular flexibility index (Phi) is 6.35. The fraction of sp³-hybridized carbons (Fsp3) is 0.188. The molecule has 0 aliphatic rings. The molecule has 0 spiro atoms. The molecule has 11 heteroatoms. The summed E-state index contributed by atoms with van der Waals surface area (Å²) in [5.41, 5.74) is 0. The molecule has 0 unspecified atom stereocenters. The molecule has 0 amide bonds. The number of alkyl halides is 2. The summed E-state index contributed by atoms with van der Waals surface area (Å²) < 4.78 is 38.0. The minimum absolute atomic E-state index is 0.110. The molecule has 0 aliphatic carbocycles. The normalized spacial score (nSPS) is 11.6. The van der Waals surface area contributed by atoms with Crippen molar-refractivity contribution in [2.24, 2.45) is 5.10 Å². The second kappa shape index (κ2) is 8.73. The van der Waals surface area contributed by atoms with Gasteiger partial charge in [-0.05, 0) is 30.5 Å². The SMILES string of the molecule is CSc1nnc(C(F)F)n1N=Cc1ccc(COc2cc(Cl)ccc2Cl)o1. The van der Waals surface area contributed by atoms with Crippen LogP contribution in [-0.2, 0) is 6.61 Å². The van der Waals surface area contributed by atoms with E-state index in [2.05, 4.69) is 15.3 Å². The van der Waals surface area contributed by atoms with Crippen LogP contribution in [0.1, 0.15) is 23.8 Å². The maximum atomic E-state index is 13.0. The standard InChI is InChI=1S/C16H12Cl2F2N4O2S/c1-27-16-23-22-15(14(19)20)24(16)21-7-10-3-4-11(26-10)8-25-13-6-9(17)2-5-12(13)18/h2-7,14H,8H2,1H3. The molecule has 0 fully saturated rings. The summed E-state index contributed by atoms with van der Waals surface area (Å²) in [6.07, 6.45) is 0.193. The van der Waals surface area contributed by atoms with Gasteiger partial charge in [-0.3, -0.25) is 0 Å². The first kappa shape index (κ1) is 19.7. The second-order valence-corrected chi connectivity index (χ2v) is 6.69. The van der Waals surface area contributed by atoms with E-state index in [4.69, 9.17) is 32.4 Å². The van der Waals surface area contributed by atoms with E-state index in [1.165, 1.54) is 6.21 Å². The van der Waals surface area contributed by atoms with Crippen molar-refractivity contribution in [3.63, 3.8) is 0 Å². The molecule has 3 aromatic rings. The van der Waals surface area contributed by atoms with Crippen molar-refractivity contribution in [3.8, 4) is 5.75 Å². The summed E-state index contributed by atoms with van der Waals surface area (Å²) in [6.45, 7) is 0.110. The lowest BCUT2D eigenvalue weighted by molar-refractivity contribution is 0.135. The maximum Gasteiger partial charge on any atom is 0.299 e. The van der Waals surface area contributed by atoms with Crippen LogP contribution in [0.3, 0.4) is 0 Å². The Bertz CT molecular complexity index is 962. The molecule has 0 radical (unpaired) electrons. The summed E-state index contributed by atoms with van der Waals surface area (Å²) in [5, 5.41) is 12.2. The number of rotatable bonds is 7. The first-order chi connectivity index (χ1) is 13.0. The Hall–Kier alpha value is -2.10. The quantitative estimate of drug-likeness (QED) is 0.374. The highest BCUT2D eigenvalue weighted by Gasteiger charge is 2.19. The highest BCUT2D eigenvalue weighted by Crippen LogP contribution is 2.28. The zero-order valence-corrected chi connectivity index (χ0v) is 16.1. The molecule has 0 saturated carbocycles. The number of ether oxygens (including phenoxy) is 1. The van der Waals surface area contributed by atoms with Gasteiger partial charge in [0.2, 0.25) is 11.0 Å². The molecule has 2 heterocycles. The second-order valence-electron chi connectivity index (χ2n) is 5.07. The van der Waals surface area contributed by atoms with Gasteiger partial charge in [-0.2, -0.15) is 9.78 Å². The van der Waals surface area contributed by atoms with Crippen LogP contribution in [0, 0.1) is 0 Å². The number of halogens is 4. The van der Waals surface area contributed by atoms with E-state index in [0.717, 1.165) is 16.4 Å². The minimum atomic E-state index is -2.79. The van der Waals surface area contributed by atoms with Gasteiger partial charge in [-0.25, -0.2) is 8.78 Å². The Morgan fingerprint density at radius 1 is 1.30 bits per heavy atom. The highest BCUT2D eigenvalue weighted by molar-refractivity contribution is 7.98. The van der Waals surface area contributed by atoms with Crippen LogP contribution in [0.5, 0.6) is 5.75 Å². The first-order valence-electron chi connectivity index (χ1n) is 7.46. The van der Waals surface area contributed by atoms with Gasteiger partial charge in [0.1, 0.15) is 23.9 Å². The van der Waals surface area contributed by atoms with Crippen molar-refractivity contribution >= 4 is 41.2 Å². The van der Waals surface area contributed by atoms with Crippen molar-refractivity contribution in [2.75, 3.05) is 6.26 Å². The largest absolute Gasteiger partial charge is 0.484 e. The lowest BCUT2D eigenvalue weighted by Crippen LogP contribution is -2.00. The predicted molar refractivity (Wildman–Crippen MR) is 99.3 cm³/mol. The van der Waals surface area contributed by atoms with E-state index in [1.807, 2.05) is 0 Å². The Morgan fingerprint density at radius 3 is 2.85 bits per heavy atom. The zero-order chi connectivity index (χ0) is 19.4. The van der Waals surface area contributed by atoms with Crippen molar-refractivity contribution in [1.82, 2.24) is 14.9 Å². The smallest absolute Gasteiger partial charge is 0.299 e. The molecule has 6 nitrogen and oxygen atoms in total. The Morgan fingerprint density at radius 2 is 2.11 bits per heavy atom. The molecular weight excluding hydrogens is 421 g/mol. The first-order valence-corrected chi connectivity index (χ1v) is 9.44. The Labute approximate surface area is 167 Å². The average molecular weight is 433 g/mol. The zero-order valence-electron chi connectivity index (χ0n) is 13.8. The van der Waals surface area contributed by atoms with Crippen LogP contribution >= 0.6 is 35.0 Å². The maximum absolute atomic E-state index is 13.0. The molecule has 1 aromatic carbocycles. The fourth-order valence-electron chi connectivity index (χ4n) is 2.04. The van der Waals surface area contributed by atoms with Crippen LogP contribution in [0.15, 0.2) is 45.0 Å².